The zero-order chi connectivity index (χ0) is 36.1. The largest absolute Gasteiger partial charge is 0.407 e. The Morgan fingerprint density at radius 1 is 0.627 bits per heavy atom. The van der Waals surface area contributed by atoms with Gasteiger partial charge in [-0.2, -0.15) is 0 Å². The van der Waals surface area contributed by atoms with Gasteiger partial charge in [0.1, 0.15) is 5.60 Å². The summed E-state index contributed by atoms with van der Waals surface area (Å²) in [5, 5.41) is 2.45. The lowest BCUT2D eigenvalue weighted by molar-refractivity contribution is -0.335. The first kappa shape index (κ1) is 36.9. The standard InChI is InChI=1S/C46H54O4Si/c1-35(33-48-51(44(3,4)5,40-29-19-11-20-30-40)41-31-21-12-22-32-41)43-36(2)42(49-45(6,7)50-43)34-47-46(37-23-13-8-14-24-37,38-25-15-9-16-26-38)39-27-17-10-18-28-39/h8-32,35-36,42-43H,33-34H2,1-7H3/t35-,36-,42-,43+/m0/s1. The van der Waals surface area contributed by atoms with Gasteiger partial charge in [-0.25, -0.2) is 0 Å². The lowest BCUT2D eigenvalue weighted by Crippen LogP contribution is -2.67. The molecule has 5 aromatic carbocycles. The van der Waals surface area contributed by atoms with Crippen LogP contribution in [0.2, 0.25) is 5.04 Å². The second-order valence-corrected chi connectivity index (χ2v) is 19.8. The van der Waals surface area contributed by atoms with Crippen molar-refractivity contribution >= 4 is 18.7 Å². The summed E-state index contributed by atoms with van der Waals surface area (Å²) in [6.45, 7) is 16.5. The fraction of sp³-hybridized carbons (Fsp3) is 0.348. The molecule has 1 saturated heterocycles. The van der Waals surface area contributed by atoms with E-state index in [1.165, 1.54) is 10.4 Å². The first-order valence-electron chi connectivity index (χ1n) is 18.4. The van der Waals surface area contributed by atoms with E-state index in [4.69, 9.17) is 18.6 Å². The minimum absolute atomic E-state index is 0.0378. The van der Waals surface area contributed by atoms with Gasteiger partial charge in [-0.15, -0.1) is 0 Å². The van der Waals surface area contributed by atoms with Gasteiger partial charge < -0.3 is 18.6 Å². The molecule has 1 aliphatic rings. The zero-order valence-electron chi connectivity index (χ0n) is 31.3. The highest BCUT2D eigenvalue weighted by atomic mass is 28.4. The molecule has 0 radical (unpaired) electrons. The summed E-state index contributed by atoms with van der Waals surface area (Å²) in [5.74, 6) is -0.670. The van der Waals surface area contributed by atoms with Crippen LogP contribution in [0.3, 0.4) is 0 Å². The Morgan fingerprint density at radius 3 is 1.41 bits per heavy atom. The lowest BCUT2D eigenvalue weighted by atomic mass is 9.80. The van der Waals surface area contributed by atoms with E-state index in [0.29, 0.717) is 13.2 Å². The summed E-state index contributed by atoms with van der Waals surface area (Å²) < 4.78 is 28.2. The Balaban J connectivity index is 1.31. The van der Waals surface area contributed by atoms with Crippen molar-refractivity contribution in [1.82, 2.24) is 0 Å². The third kappa shape index (κ3) is 7.55. The Hall–Kier alpha value is -3.84. The van der Waals surface area contributed by atoms with Crippen LogP contribution in [-0.2, 0) is 24.2 Å². The predicted molar refractivity (Wildman–Crippen MR) is 211 cm³/mol. The highest BCUT2D eigenvalue weighted by Gasteiger charge is 2.51. The van der Waals surface area contributed by atoms with E-state index in [-0.39, 0.29) is 29.1 Å². The van der Waals surface area contributed by atoms with Crippen LogP contribution in [0.25, 0.3) is 0 Å². The van der Waals surface area contributed by atoms with Crippen molar-refractivity contribution in [3.8, 4) is 0 Å². The van der Waals surface area contributed by atoms with E-state index in [1.54, 1.807) is 0 Å². The summed E-state index contributed by atoms with van der Waals surface area (Å²) in [7, 11) is -2.71. The highest BCUT2D eigenvalue weighted by Crippen LogP contribution is 2.43. The first-order valence-corrected chi connectivity index (χ1v) is 20.3. The molecule has 51 heavy (non-hydrogen) atoms. The monoisotopic (exact) mass is 698 g/mol. The van der Waals surface area contributed by atoms with Crippen molar-refractivity contribution in [2.75, 3.05) is 13.2 Å². The smallest absolute Gasteiger partial charge is 0.261 e. The molecule has 5 heteroatoms. The van der Waals surface area contributed by atoms with Gasteiger partial charge in [0.15, 0.2) is 5.79 Å². The van der Waals surface area contributed by atoms with Gasteiger partial charge >= 0.3 is 0 Å². The molecule has 6 rings (SSSR count). The molecule has 1 fully saturated rings. The molecular formula is C46H54O4Si. The number of ether oxygens (including phenoxy) is 3. The first-order chi connectivity index (χ1) is 24.5. The average Bonchev–Trinajstić information content (AvgIpc) is 3.15. The molecule has 0 aliphatic carbocycles. The molecular weight excluding hydrogens is 645 g/mol. The Kier molecular flexibility index (Phi) is 11.2. The van der Waals surface area contributed by atoms with Gasteiger partial charge in [0.2, 0.25) is 0 Å². The van der Waals surface area contributed by atoms with Crippen LogP contribution in [0.15, 0.2) is 152 Å². The van der Waals surface area contributed by atoms with Crippen molar-refractivity contribution in [1.29, 1.82) is 0 Å². The van der Waals surface area contributed by atoms with Crippen molar-refractivity contribution < 1.29 is 18.6 Å². The maximum atomic E-state index is 7.41. The Labute approximate surface area is 306 Å². The molecule has 266 valence electrons. The highest BCUT2D eigenvalue weighted by molar-refractivity contribution is 6.99. The normalized spacial score (nSPS) is 20.1. The van der Waals surface area contributed by atoms with Crippen molar-refractivity contribution in [3.05, 3.63) is 168 Å². The molecule has 0 amide bonds. The lowest BCUT2D eigenvalue weighted by Gasteiger charge is -2.49. The van der Waals surface area contributed by atoms with E-state index >= 15 is 0 Å². The molecule has 5 aromatic rings. The van der Waals surface area contributed by atoms with Gasteiger partial charge in [-0.1, -0.05) is 186 Å². The zero-order valence-corrected chi connectivity index (χ0v) is 32.3. The third-order valence-corrected chi connectivity index (χ3v) is 15.5. The van der Waals surface area contributed by atoms with Crippen molar-refractivity contribution in [2.45, 2.75) is 77.1 Å². The average molecular weight is 699 g/mol. The predicted octanol–water partition coefficient (Wildman–Crippen LogP) is 9.36. The maximum Gasteiger partial charge on any atom is 0.261 e. The number of rotatable bonds is 12. The minimum atomic E-state index is -2.71. The van der Waals surface area contributed by atoms with Crippen LogP contribution in [-0.4, -0.2) is 39.5 Å². The SMILES string of the molecule is C[C@@H]1[C@@H]([C@@H](C)CO[Si](c2ccccc2)(c2ccccc2)C(C)(C)C)OC(C)(C)O[C@H]1COC(c1ccccc1)(c1ccccc1)c1ccccc1. The van der Waals surface area contributed by atoms with Gasteiger partial charge in [0, 0.05) is 18.4 Å². The summed E-state index contributed by atoms with van der Waals surface area (Å²) >= 11 is 0. The van der Waals surface area contributed by atoms with Gasteiger partial charge in [-0.05, 0) is 45.9 Å². The molecule has 0 spiro atoms. The van der Waals surface area contributed by atoms with Crippen molar-refractivity contribution in [3.63, 3.8) is 0 Å². The van der Waals surface area contributed by atoms with Gasteiger partial charge in [0.25, 0.3) is 8.32 Å². The van der Waals surface area contributed by atoms with Crippen LogP contribution in [0.4, 0.5) is 0 Å². The van der Waals surface area contributed by atoms with Crippen LogP contribution in [0, 0.1) is 11.8 Å². The van der Waals surface area contributed by atoms with Gasteiger partial charge in [-0.3, -0.25) is 0 Å². The third-order valence-electron chi connectivity index (χ3n) is 10.5. The Morgan fingerprint density at radius 2 is 1.02 bits per heavy atom. The van der Waals surface area contributed by atoms with E-state index < -0.39 is 19.7 Å². The summed E-state index contributed by atoms with van der Waals surface area (Å²) in [5.41, 5.74) is 2.39. The van der Waals surface area contributed by atoms with Crippen molar-refractivity contribution in [2.24, 2.45) is 11.8 Å². The number of benzene rings is 5. The molecule has 4 nitrogen and oxygen atoms in total. The topological polar surface area (TPSA) is 36.9 Å². The molecule has 4 atom stereocenters. The molecule has 1 heterocycles. The molecule has 0 N–H and O–H groups in total. The minimum Gasteiger partial charge on any atom is -0.407 e. The number of hydrogen-bond acceptors (Lipinski definition) is 4. The fourth-order valence-corrected chi connectivity index (χ4v) is 12.7. The second kappa shape index (κ2) is 15.4. The van der Waals surface area contributed by atoms with Crippen LogP contribution in [0.5, 0.6) is 0 Å². The van der Waals surface area contributed by atoms with E-state index in [1.807, 2.05) is 13.8 Å². The second-order valence-electron chi connectivity index (χ2n) is 15.5. The summed E-state index contributed by atoms with van der Waals surface area (Å²) in [6, 6.07) is 53.3. The van der Waals surface area contributed by atoms with Crippen LogP contribution in [0.1, 0.15) is 65.2 Å². The van der Waals surface area contributed by atoms with E-state index in [0.717, 1.165) is 16.7 Å². The van der Waals surface area contributed by atoms with Gasteiger partial charge in [0.05, 0.1) is 18.8 Å². The molecule has 0 unspecified atom stereocenters. The number of hydrogen-bond donors (Lipinski definition) is 0. The maximum absolute atomic E-state index is 7.41. The quantitative estimate of drug-likeness (QED) is 0.0962. The summed E-state index contributed by atoms with van der Waals surface area (Å²) in [4.78, 5) is 0. The fourth-order valence-electron chi connectivity index (χ4n) is 8.06. The van der Waals surface area contributed by atoms with E-state index in [9.17, 15) is 0 Å². The summed E-state index contributed by atoms with van der Waals surface area (Å²) in [6.07, 6.45) is -0.329. The molecule has 0 saturated carbocycles. The Bertz CT molecular complexity index is 1650. The molecule has 0 aromatic heterocycles. The molecule has 1 aliphatic heterocycles. The van der Waals surface area contributed by atoms with Crippen LogP contribution >= 0.6 is 0 Å². The molecule has 0 bridgehead atoms. The van der Waals surface area contributed by atoms with Crippen LogP contribution < -0.4 is 10.4 Å². The van der Waals surface area contributed by atoms with E-state index in [2.05, 4.69) is 186 Å².